The summed E-state index contributed by atoms with van der Waals surface area (Å²) in [5, 5.41) is 52.1. The van der Waals surface area contributed by atoms with E-state index in [1.54, 1.807) is 0 Å². The number of carboxylic acids is 2. The molecule has 0 atom stereocenters. The first-order chi connectivity index (χ1) is 22.5. The normalized spacial score (nSPS) is 11.9. The highest BCUT2D eigenvalue weighted by Gasteiger charge is 2.26. The number of nitrogens with zero attached hydrogens (tertiary/aromatic N) is 5. The molecule has 21 heteroatoms. The van der Waals surface area contributed by atoms with Crippen molar-refractivity contribution in [1.82, 2.24) is 15.0 Å². The smallest absolute Gasteiger partial charge is 0.337 e. The van der Waals surface area contributed by atoms with Crippen LogP contribution in [0, 0.1) is 0 Å². The van der Waals surface area contributed by atoms with Crippen LogP contribution >= 0.6 is 0 Å². The zero-order valence-electron chi connectivity index (χ0n) is 23.5. The number of aromatic nitrogens is 3. The van der Waals surface area contributed by atoms with Crippen molar-refractivity contribution >= 4 is 77.6 Å². The van der Waals surface area contributed by atoms with E-state index in [1.807, 2.05) is 0 Å². The van der Waals surface area contributed by atoms with E-state index in [9.17, 15) is 56.0 Å². The zero-order valence-corrected chi connectivity index (χ0v) is 25.2. The van der Waals surface area contributed by atoms with Crippen LogP contribution in [0.2, 0.25) is 0 Å². The Balaban J connectivity index is 1.71. The van der Waals surface area contributed by atoms with Crippen LogP contribution in [0.3, 0.4) is 0 Å². The lowest BCUT2D eigenvalue weighted by Crippen LogP contribution is -2.07. The van der Waals surface area contributed by atoms with E-state index in [-0.39, 0.29) is 22.5 Å². The van der Waals surface area contributed by atoms with Gasteiger partial charge in [-0.1, -0.05) is 24.3 Å². The third-order valence-corrected chi connectivity index (χ3v) is 8.06. The molecule has 0 aliphatic heterocycles. The van der Waals surface area contributed by atoms with E-state index < -0.39 is 87.8 Å². The van der Waals surface area contributed by atoms with Gasteiger partial charge in [-0.15, -0.1) is 10.2 Å². The third kappa shape index (κ3) is 6.92. The number of phenolic OH excluding ortho intramolecular Hbond substituents is 1. The molecule has 0 amide bonds. The molecular formula is C27H19N7O12S2. The number of rotatable bonds is 10. The molecule has 48 heavy (non-hydrogen) atoms. The quantitative estimate of drug-likeness (QED) is 0.0747. The number of nitrogens with one attached hydrogen (secondary N) is 2. The van der Waals surface area contributed by atoms with Crippen LogP contribution in [0.1, 0.15) is 20.7 Å². The Labute approximate surface area is 268 Å². The molecule has 0 radical (unpaired) electrons. The number of hydrogen-bond acceptors (Lipinski definition) is 15. The molecule has 0 bridgehead atoms. The summed E-state index contributed by atoms with van der Waals surface area (Å²) in [5.74, 6) is -4.69. The molecule has 5 rings (SSSR count). The average Bonchev–Trinajstić information content (AvgIpc) is 2.99. The maximum atomic E-state index is 12.4. The lowest BCUT2D eigenvalue weighted by atomic mass is 10.1. The van der Waals surface area contributed by atoms with E-state index in [0.29, 0.717) is 6.07 Å². The van der Waals surface area contributed by atoms with Crippen molar-refractivity contribution in [2.24, 2.45) is 10.2 Å². The van der Waals surface area contributed by atoms with Gasteiger partial charge in [-0.2, -0.15) is 31.8 Å². The van der Waals surface area contributed by atoms with Crippen LogP contribution < -0.4 is 10.6 Å². The number of para-hydroxylation sites is 1. The summed E-state index contributed by atoms with van der Waals surface area (Å²) >= 11 is 0. The first kappa shape index (κ1) is 33.1. The number of hydrogen-bond donors (Lipinski definition) is 8. The van der Waals surface area contributed by atoms with Crippen molar-refractivity contribution < 1.29 is 56.0 Å². The topological polar surface area (TPSA) is 311 Å². The first-order valence-corrected chi connectivity index (χ1v) is 15.7. The molecule has 246 valence electrons. The van der Waals surface area contributed by atoms with Crippen molar-refractivity contribution in [3.05, 3.63) is 77.9 Å². The van der Waals surface area contributed by atoms with Gasteiger partial charge in [0.2, 0.25) is 11.9 Å². The van der Waals surface area contributed by atoms with Crippen molar-refractivity contribution in [3.63, 3.8) is 0 Å². The Morgan fingerprint density at radius 2 is 1.27 bits per heavy atom. The number of aromatic hydroxyl groups is 2. The highest BCUT2D eigenvalue weighted by Crippen LogP contribution is 2.45. The molecule has 0 unspecified atom stereocenters. The standard InChI is InChI=1S/C27H19N7O12S2/c35-22-20-12(10-19(48(44,45)46)21(22)34-33-17-8-4-2-6-15(17)24(38)39)9-13(47(41,42)43)11-18(20)29-26-30-25(31-27(40)32-26)28-16-7-3-1-5-14(16)23(36)37/h1-11,35H,(H,36,37)(H,38,39)(H,41,42,43)(H,44,45,46)(H3,28,29,30,31,32,40)/b34-33+. The van der Waals surface area contributed by atoms with Crippen LogP contribution in [-0.4, -0.2) is 73.3 Å². The summed E-state index contributed by atoms with van der Waals surface area (Å²) in [7, 11) is -10.2. The van der Waals surface area contributed by atoms with Crippen LogP contribution in [0.15, 0.2) is 86.7 Å². The van der Waals surface area contributed by atoms with Gasteiger partial charge in [-0.05, 0) is 47.9 Å². The van der Waals surface area contributed by atoms with Gasteiger partial charge >= 0.3 is 17.9 Å². The van der Waals surface area contributed by atoms with Crippen LogP contribution in [0.4, 0.5) is 34.6 Å². The molecule has 1 aromatic heterocycles. The Kier molecular flexibility index (Phi) is 8.60. The van der Waals surface area contributed by atoms with Gasteiger partial charge in [0.25, 0.3) is 20.2 Å². The van der Waals surface area contributed by atoms with Crippen molar-refractivity contribution in [2.45, 2.75) is 9.79 Å². The maximum Gasteiger partial charge on any atom is 0.337 e. The van der Waals surface area contributed by atoms with Gasteiger partial charge < -0.3 is 31.1 Å². The Morgan fingerprint density at radius 3 is 1.88 bits per heavy atom. The Hall–Kier alpha value is -6.29. The van der Waals surface area contributed by atoms with Crippen LogP contribution in [0.25, 0.3) is 10.8 Å². The maximum absolute atomic E-state index is 12.4. The van der Waals surface area contributed by atoms with Gasteiger partial charge in [-0.3, -0.25) is 9.11 Å². The Morgan fingerprint density at radius 1 is 0.688 bits per heavy atom. The highest BCUT2D eigenvalue weighted by atomic mass is 32.2. The molecule has 0 saturated heterocycles. The predicted octanol–water partition coefficient (Wildman–Crippen LogP) is 4.23. The Bertz CT molecular complexity index is 2400. The number of anilines is 4. The molecule has 0 fully saturated rings. The molecule has 1 heterocycles. The van der Waals surface area contributed by atoms with Crippen molar-refractivity contribution in [3.8, 4) is 11.8 Å². The number of carbonyl (C=O) groups is 2. The lowest BCUT2D eigenvalue weighted by molar-refractivity contribution is 0.0687. The van der Waals surface area contributed by atoms with E-state index in [2.05, 4.69) is 35.8 Å². The second-order valence-corrected chi connectivity index (χ2v) is 12.3. The summed E-state index contributed by atoms with van der Waals surface area (Å²) in [4.78, 5) is 32.6. The molecule has 19 nitrogen and oxygen atoms in total. The minimum absolute atomic E-state index is 0.00947. The number of phenols is 1. The molecular weight excluding hydrogens is 678 g/mol. The van der Waals surface area contributed by atoms with Gasteiger partial charge in [0.15, 0.2) is 5.75 Å². The number of azo groups is 1. The van der Waals surface area contributed by atoms with Crippen molar-refractivity contribution in [1.29, 1.82) is 0 Å². The fourth-order valence-electron chi connectivity index (χ4n) is 4.34. The van der Waals surface area contributed by atoms with E-state index >= 15 is 0 Å². The minimum Gasteiger partial charge on any atom is -0.505 e. The molecule has 4 aromatic carbocycles. The summed E-state index contributed by atoms with van der Waals surface area (Å²) in [6, 6.07) is 12.1. The van der Waals surface area contributed by atoms with E-state index in [4.69, 9.17) is 0 Å². The lowest BCUT2D eigenvalue weighted by Gasteiger charge is -2.15. The number of carboxylic acid groups (broad SMARTS) is 2. The van der Waals surface area contributed by atoms with Gasteiger partial charge in [0, 0.05) is 5.39 Å². The molecule has 5 aromatic rings. The number of benzene rings is 4. The van der Waals surface area contributed by atoms with Gasteiger partial charge in [0.05, 0.1) is 27.4 Å². The molecule has 8 N–H and O–H groups in total. The number of fused-ring (bicyclic) bond motifs is 1. The van der Waals surface area contributed by atoms with E-state index in [0.717, 1.165) is 12.1 Å². The summed E-state index contributed by atoms with van der Waals surface area (Å²) < 4.78 is 68.7. The highest BCUT2D eigenvalue weighted by molar-refractivity contribution is 7.86. The first-order valence-electron chi connectivity index (χ1n) is 12.9. The van der Waals surface area contributed by atoms with Crippen LogP contribution in [-0.2, 0) is 20.2 Å². The third-order valence-electron chi connectivity index (χ3n) is 6.37. The molecule has 0 aliphatic carbocycles. The second kappa shape index (κ2) is 12.5. The fraction of sp³-hybridized carbons (Fsp3) is 0. The molecule has 0 saturated carbocycles. The van der Waals surface area contributed by atoms with E-state index in [1.165, 1.54) is 48.5 Å². The second-order valence-electron chi connectivity index (χ2n) is 9.50. The van der Waals surface area contributed by atoms with Crippen molar-refractivity contribution in [2.75, 3.05) is 10.6 Å². The predicted molar refractivity (Wildman–Crippen MR) is 164 cm³/mol. The van der Waals surface area contributed by atoms with Gasteiger partial charge in [0.1, 0.15) is 16.3 Å². The summed E-state index contributed by atoms with van der Waals surface area (Å²) in [6.45, 7) is 0. The summed E-state index contributed by atoms with van der Waals surface area (Å²) in [6.07, 6.45) is 0. The zero-order chi connectivity index (χ0) is 35.0. The monoisotopic (exact) mass is 697 g/mol. The molecule has 0 aliphatic rings. The number of aromatic carboxylic acids is 2. The minimum atomic E-state index is -5.23. The SMILES string of the molecule is O=C(O)c1ccccc1/N=N/c1c(S(=O)(=O)O)cc2cc(S(=O)(=O)O)cc(Nc3nc(O)nc(Nc4ccccc4C(=O)O)n3)c2c1O. The average molecular weight is 698 g/mol. The van der Waals surface area contributed by atoms with Crippen LogP contribution in [0.5, 0.6) is 11.8 Å². The fourth-order valence-corrected chi connectivity index (χ4v) is 5.54. The van der Waals surface area contributed by atoms with Gasteiger partial charge in [-0.25, -0.2) is 9.59 Å². The summed E-state index contributed by atoms with van der Waals surface area (Å²) in [5.41, 5.74) is -2.14. The largest absolute Gasteiger partial charge is 0.505 e. The molecule has 0 spiro atoms.